The van der Waals surface area contributed by atoms with E-state index in [9.17, 15) is 9.90 Å². The summed E-state index contributed by atoms with van der Waals surface area (Å²) >= 11 is 0. The quantitative estimate of drug-likeness (QED) is 0.820. The number of carbonyl (C=O) groups is 1. The minimum absolute atomic E-state index is 0.0556. The number of nitrogens with zero attached hydrogens (tertiary/aromatic N) is 3. The highest BCUT2D eigenvalue weighted by atomic mass is 16.6. The Morgan fingerprint density at radius 2 is 2.32 bits per heavy atom. The van der Waals surface area contributed by atoms with Crippen molar-refractivity contribution in [2.24, 2.45) is 15.4 Å². The molecule has 0 saturated heterocycles. The molecule has 0 bridgehead atoms. The van der Waals surface area contributed by atoms with Crippen LogP contribution in [-0.4, -0.2) is 30.5 Å². The number of esters is 1. The van der Waals surface area contributed by atoms with Gasteiger partial charge in [0.2, 0.25) is 0 Å². The van der Waals surface area contributed by atoms with Crippen molar-refractivity contribution in [1.82, 2.24) is 0 Å². The van der Waals surface area contributed by atoms with Gasteiger partial charge in [0.25, 0.3) is 0 Å². The lowest BCUT2D eigenvalue weighted by Gasteiger charge is -2.10. The number of phenolic OH excluding ortho intramolecular Hbond substituents is 1. The fourth-order valence-corrected chi connectivity index (χ4v) is 1.53. The zero-order valence-corrected chi connectivity index (χ0v) is 10.3. The number of ether oxygens (including phenoxy) is 2. The van der Waals surface area contributed by atoms with Gasteiger partial charge >= 0.3 is 5.97 Å². The van der Waals surface area contributed by atoms with E-state index in [2.05, 4.69) is 15.4 Å². The monoisotopic (exact) mass is 263 g/mol. The first-order valence-corrected chi connectivity index (χ1v) is 5.75. The van der Waals surface area contributed by atoms with Crippen molar-refractivity contribution in [2.45, 2.75) is 13.0 Å². The second-order valence-corrected chi connectivity index (χ2v) is 3.74. The average Bonchev–Trinajstić information content (AvgIpc) is 2.92. The summed E-state index contributed by atoms with van der Waals surface area (Å²) in [5.74, 6) is -0.351. The molecule has 0 saturated carbocycles. The lowest BCUT2D eigenvalue weighted by Crippen LogP contribution is -2.14. The highest BCUT2D eigenvalue weighted by molar-refractivity contribution is 5.71. The topological polar surface area (TPSA) is 92.8 Å². The van der Waals surface area contributed by atoms with Crippen LogP contribution >= 0.6 is 0 Å². The van der Waals surface area contributed by atoms with Gasteiger partial charge in [-0.25, -0.2) is 4.79 Å². The Labute approximate surface area is 109 Å². The van der Waals surface area contributed by atoms with Crippen LogP contribution in [-0.2, 0) is 9.53 Å². The molecule has 0 aromatic heterocycles. The summed E-state index contributed by atoms with van der Waals surface area (Å²) in [6, 6.07) is 4.46. The van der Waals surface area contributed by atoms with Crippen LogP contribution in [0.2, 0.25) is 0 Å². The molecule has 1 aliphatic rings. The molecular formula is C12H13N3O4. The molecule has 1 heterocycles. The Kier molecular flexibility index (Phi) is 4.07. The van der Waals surface area contributed by atoms with Crippen molar-refractivity contribution in [3.05, 3.63) is 23.8 Å². The van der Waals surface area contributed by atoms with Crippen LogP contribution in [0.5, 0.6) is 11.5 Å². The predicted molar refractivity (Wildman–Crippen MR) is 66.3 cm³/mol. The third-order valence-electron chi connectivity index (χ3n) is 2.41. The largest absolute Gasteiger partial charge is 0.504 e. The molecular weight excluding hydrogens is 250 g/mol. The molecule has 1 aliphatic heterocycles. The van der Waals surface area contributed by atoms with E-state index in [0.29, 0.717) is 0 Å². The van der Waals surface area contributed by atoms with Crippen molar-refractivity contribution in [2.75, 3.05) is 13.2 Å². The second kappa shape index (κ2) is 5.94. The first-order chi connectivity index (χ1) is 9.20. The number of aromatic hydroxyl groups is 1. The third-order valence-corrected chi connectivity index (χ3v) is 2.41. The van der Waals surface area contributed by atoms with Crippen molar-refractivity contribution >= 4 is 12.2 Å². The fraction of sp³-hybridized carbons (Fsp3) is 0.333. The van der Waals surface area contributed by atoms with Crippen LogP contribution in [0.25, 0.3) is 0 Å². The van der Waals surface area contributed by atoms with Gasteiger partial charge < -0.3 is 14.6 Å². The molecule has 19 heavy (non-hydrogen) atoms. The number of benzene rings is 1. The first-order valence-electron chi connectivity index (χ1n) is 5.75. The molecule has 0 aliphatic carbocycles. The number of phenols is 1. The average molecular weight is 263 g/mol. The summed E-state index contributed by atoms with van der Waals surface area (Å²) in [6.07, 6.45) is 1.57. The standard InChI is InChI=1S/C12H13N3O4/c1-2-18-12(17)7-19-11-5-8(3-4-10(11)16)9-6-13-15-14-9/h3-6,9,16H,2,7H2,1H3. The molecule has 1 unspecified atom stereocenters. The Bertz CT molecular complexity index is 516. The normalized spacial score (nSPS) is 16.6. The Morgan fingerprint density at radius 1 is 1.47 bits per heavy atom. The number of hydrogen-bond acceptors (Lipinski definition) is 7. The van der Waals surface area contributed by atoms with Crippen LogP contribution in [0.4, 0.5) is 0 Å². The number of rotatable bonds is 5. The molecule has 0 amide bonds. The summed E-state index contributed by atoms with van der Waals surface area (Å²) in [4.78, 5) is 11.2. The van der Waals surface area contributed by atoms with E-state index in [1.165, 1.54) is 6.07 Å². The molecule has 7 heteroatoms. The van der Waals surface area contributed by atoms with E-state index < -0.39 is 5.97 Å². The van der Waals surface area contributed by atoms with Gasteiger partial charge in [-0.1, -0.05) is 6.07 Å². The fourth-order valence-electron chi connectivity index (χ4n) is 1.53. The highest BCUT2D eigenvalue weighted by Gasteiger charge is 2.15. The van der Waals surface area contributed by atoms with Gasteiger partial charge in [-0.05, 0) is 29.8 Å². The minimum atomic E-state index is -0.491. The van der Waals surface area contributed by atoms with Crippen LogP contribution in [0, 0.1) is 0 Å². The van der Waals surface area contributed by atoms with E-state index in [4.69, 9.17) is 9.47 Å². The Morgan fingerprint density at radius 3 is 3.00 bits per heavy atom. The van der Waals surface area contributed by atoms with Crippen LogP contribution in [0.1, 0.15) is 18.5 Å². The van der Waals surface area contributed by atoms with Crippen molar-refractivity contribution in [3.8, 4) is 11.5 Å². The molecule has 7 nitrogen and oxygen atoms in total. The van der Waals surface area contributed by atoms with Gasteiger partial charge in [0, 0.05) is 0 Å². The Balaban J connectivity index is 2.07. The smallest absolute Gasteiger partial charge is 0.344 e. The van der Waals surface area contributed by atoms with Gasteiger partial charge in [-0.2, -0.15) is 5.11 Å². The predicted octanol–water partition coefficient (Wildman–Crippen LogP) is 1.83. The van der Waals surface area contributed by atoms with Crippen LogP contribution < -0.4 is 4.74 Å². The first kappa shape index (κ1) is 13.0. The van der Waals surface area contributed by atoms with Gasteiger partial charge in [0.05, 0.1) is 12.8 Å². The molecule has 0 radical (unpaired) electrons. The van der Waals surface area contributed by atoms with Crippen molar-refractivity contribution in [3.63, 3.8) is 0 Å². The van der Waals surface area contributed by atoms with E-state index in [1.807, 2.05) is 0 Å². The Hall–Kier alpha value is -2.44. The summed E-state index contributed by atoms with van der Waals surface area (Å²) in [6.45, 7) is 1.73. The molecule has 1 aromatic carbocycles. The molecule has 1 aromatic rings. The maximum Gasteiger partial charge on any atom is 0.344 e. The third kappa shape index (κ3) is 3.27. The van der Waals surface area contributed by atoms with Crippen molar-refractivity contribution in [1.29, 1.82) is 0 Å². The van der Waals surface area contributed by atoms with E-state index >= 15 is 0 Å². The van der Waals surface area contributed by atoms with E-state index in [-0.39, 0.29) is 30.8 Å². The second-order valence-electron chi connectivity index (χ2n) is 3.74. The molecule has 100 valence electrons. The van der Waals surface area contributed by atoms with Gasteiger partial charge in [-0.15, -0.1) is 5.10 Å². The maximum atomic E-state index is 11.2. The minimum Gasteiger partial charge on any atom is -0.504 e. The molecule has 0 fully saturated rings. The zero-order valence-electron chi connectivity index (χ0n) is 10.3. The number of hydrogen-bond donors (Lipinski definition) is 1. The van der Waals surface area contributed by atoms with Crippen molar-refractivity contribution < 1.29 is 19.4 Å². The molecule has 1 atom stereocenters. The number of carbonyl (C=O) groups excluding carboxylic acids is 1. The van der Waals surface area contributed by atoms with Gasteiger partial charge in [0.1, 0.15) is 6.04 Å². The maximum absolute atomic E-state index is 11.2. The van der Waals surface area contributed by atoms with Crippen LogP contribution in [0.3, 0.4) is 0 Å². The van der Waals surface area contributed by atoms with E-state index in [0.717, 1.165) is 5.56 Å². The summed E-state index contributed by atoms with van der Waals surface area (Å²) in [5, 5.41) is 20.7. The summed E-state index contributed by atoms with van der Waals surface area (Å²) < 4.78 is 9.94. The SMILES string of the molecule is CCOC(=O)COc1cc(C2C=NN=N2)ccc1O. The summed E-state index contributed by atoms with van der Waals surface area (Å²) in [7, 11) is 0. The van der Waals surface area contributed by atoms with Gasteiger partial charge in [0.15, 0.2) is 18.1 Å². The van der Waals surface area contributed by atoms with E-state index in [1.54, 1.807) is 25.3 Å². The lowest BCUT2D eigenvalue weighted by molar-refractivity contribution is -0.145. The molecule has 0 spiro atoms. The highest BCUT2D eigenvalue weighted by Crippen LogP contribution is 2.31. The molecule has 2 rings (SSSR count). The van der Waals surface area contributed by atoms with Gasteiger partial charge in [-0.3, -0.25) is 0 Å². The lowest BCUT2D eigenvalue weighted by atomic mass is 10.1. The van der Waals surface area contributed by atoms with Crippen LogP contribution in [0.15, 0.2) is 33.6 Å². The molecule has 1 N–H and O–H groups in total. The zero-order chi connectivity index (χ0) is 13.7. The summed E-state index contributed by atoms with van der Waals surface area (Å²) in [5.41, 5.74) is 0.765.